The predicted octanol–water partition coefficient (Wildman–Crippen LogP) is 3.61. The number of anilines is 2. The van der Waals surface area contributed by atoms with Crippen molar-refractivity contribution in [1.29, 1.82) is 0 Å². The second kappa shape index (κ2) is 13.2. The molecule has 11 nitrogen and oxygen atoms in total. The summed E-state index contributed by atoms with van der Waals surface area (Å²) < 4.78 is 14.4. The Bertz CT molecular complexity index is 1830. The molecule has 0 saturated carbocycles. The smallest absolute Gasteiger partial charge is 0.261 e. The van der Waals surface area contributed by atoms with Gasteiger partial charge in [-0.2, -0.15) is 0 Å². The minimum absolute atomic E-state index is 0.00428. The molecule has 3 aliphatic rings. The Balaban J connectivity index is 1.23. The zero-order chi connectivity index (χ0) is 34.3. The highest BCUT2D eigenvalue weighted by Gasteiger charge is 2.64. The van der Waals surface area contributed by atoms with Gasteiger partial charge in [-0.05, 0) is 47.9 Å². The van der Waals surface area contributed by atoms with Gasteiger partial charge in [0.1, 0.15) is 5.75 Å². The van der Waals surface area contributed by atoms with Crippen LogP contribution in [0.15, 0.2) is 79.0 Å². The Labute approximate surface area is 287 Å². The van der Waals surface area contributed by atoms with Crippen molar-refractivity contribution in [2.75, 3.05) is 43.6 Å². The summed E-state index contributed by atoms with van der Waals surface area (Å²) in [5.74, 6) is 0.201. The SMILES string of the molecule is COc1ccc([Si](C)(C)[C@H]2[C@H](CCn3cc(C(CO)c4ccccc4)nn3)O[C@@]3(C(=O)Nc4ccc(N5CCNCC5=O)cc43)[C@@H]2C)cc1. The molecule has 2 fully saturated rings. The van der Waals surface area contributed by atoms with Crippen LogP contribution in [0.25, 0.3) is 0 Å². The van der Waals surface area contributed by atoms with Crippen LogP contribution in [0.3, 0.4) is 0 Å². The lowest BCUT2D eigenvalue weighted by Gasteiger charge is -2.37. The van der Waals surface area contributed by atoms with Crippen LogP contribution in [0.4, 0.5) is 11.4 Å². The van der Waals surface area contributed by atoms with Gasteiger partial charge < -0.3 is 30.1 Å². The molecule has 49 heavy (non-hydrogen) atoms. The lowest BCUT2D eigenvalue weighted by atomic mass is 9.82. The van der Waals surface area contributed by atoms with Crippen LogP contribution in [0.1, 0.15) is 36.1 Å². The number of benzene rings is 3. The van der Waals surface area contributed by atoms with Crippen LogP contribution in [0, 0.1) is 5.92 Å². The molecule has 4 aromatic rings. The number of piperazine rings is 1. The highest BCUT2D eigenvalue weighted by atomic mass is 28.3. The van der Waals surface area contributed by atoms with E-state index in [1.165, 1.54) is 5.19 Å². The minimum atomic E-state index is -2.32. The first-order chi connectivity index (χ1) is 23.7. The van der Waals surface area contributed by atoms with Gasteiger partial charge in [-0.25, -0.2) is 0 Å². The Morgan fingerprint density at radius 3 is 2.59 bits per heavy atom. The molecule has 0 radical (unpaired) electrons. The van der Waals surface area contributed by atoms with Crippen molar-refractivity contribution in [1.82, 2.24) is 20.3 Å². The number of amides is 2. The summed E-state index contributed by atoms with van der Waals surface area (Å²) in [5.41, 5.74) is 2.81. The number of nitrogens with one attached hydrogen (secondary N) is 2. The van der Waals surface area contributed by atoms with E-state index in [9.17, 15) is 14.7 Å². The number of carbonyl (C=O) groups is 2. The number of methoxy groups -OCH3 is 1. The van der Waals surface area contributed by atoms with Crippen LogP contribution in [0.2, 0.25) is 18.6 Å². The number of aromatic nitrogens is 3. The van der Waals surface area contributed by atoms with Gasteiger partial charge in [0.15, 0.2) is 5.60 Å². The van der Waals surface area contributed by atoms with Gasteiger partial charge in [-0.3, -0.25) is 14.3 Å². The first-order valence-electron chi connectivity index (χ1n) is 17.0. The summed E-state index contributed by atoms with van der Waals surface area (Å²) in [6.07, 6.45) is 2.24. The molecule has 2 amide bonds. The molecule has 12 heteroatoms. The second-order valence-electron chi connectivity index (χ2n) is 13.9. The van der Waals surface area contributed by atoms with Gasteiger partial charge in [-0.1, -0.05) is 72.9 Å². The van der Waals surface area contributed by atoms with Crippen molar-refractivity contribution < 1.29 is 24.2 Å². The lowest BCUT2D eigenvalue weighted by molar-refractivity contribution is -0.143. The van der Waals surface area contributed by atoms with E-state index in [2.05, 4.69) is 53.1 Å². The zero-order valence-corrected chi connectivity index (χ0v) is 29.4. The zero-order valence-electron chi connectivity index (χ0n) is 28.4. The Kier molecular flexibility index (Phi) is 8.90. The maximum Gasteiger partial charge on any atom is 0.261 e. The molecule has 7 rings (SSSR count). The highest BCUT2D eigenvalue weighted by Crippen LogP contribution is 2.59. The summed E-state index contributed by atoms with van der Waals surface area (Å²) in [4.78, 5) is 28.8. The number of fused-ring (bicyclic) bond motifs is 2. The maximum absolute atomic E-state index is 14.2. The lowest BCUT2D eigenvalue weighted by Crippen LogP contribution is -2.51. The average molecular weight is 681 g/mol. The average Bonchev–Trinajstić information content (AvgIpc) is 3.79. The predicted molar refractivity (Wildman–Crippen MR) is 190 cm³/mol. The van der Waals surface area contributed by atoms with E-state index in [0.717, 1.165) is 28.3 Å². The number of hydrogen-bond donors (Lipinski definition) is 3. The van der Waals surface area contributed by atoms with Crippen molar-refractivity contribution in [2.24, 2.45) is 5.92 Å². The van der Waals surface area contributed by atoms with Gasteiger partial charge in [0.25, 0.3) is 5.91 Å². The summed E-state index contributed by atoms with van der Waals surface area (Å²) in [6, 6.07) is 23.9. The van der Waals surface area contributed by atoms with Gasteiger partial charge in [0.05, 0.1) is 46.1 Å². The molecule has 1 unspecified atom stereocenters. The topological polar surface area (TPSA) is 131 Å². The molecule has 4 heterocycles. The van der Waals surface area contributed by atoms with E-state index < -0.39 is 13.7 Å². The fourth-order valence-corrected chi connectivity index (χ4v) is 12.4. The molecule has 1 aromatic heterocycles. The second-order valence-corrected chi connectivity index (χ2v) is 18.6. The van der Waals surface area contributed by atoms with E-state index in [-0.39, 0.29) is 48.4 Å². The van der Waals surface area contributed by atoms with E-state index in [1.807, 2.05) is 71.5 Å². The number of aliphatic hydroxyl groups excluding tert-OH is 1. The number of ether oxygens (including phenoxy) is 2. The monoisotopic (exact) mass is 680 g/mol. The van der Waals surface area contributed by atoms with Gasteiger partial charge >= 0.3 is 0 Å². The summed E-state index contributed by atoms with van der Waals surface area (Å²) in [6.45, 7) is 8.87. The van der Waals surface area contributed by atoms with Gasteiger partial charge in [0.2, 0.25) is 5.91 Å². The van der Waals surface area contributed by atoms with Crippen LogP contribution in [-0.2, 0) is 26.5 Å². The van der Waals surface area contributed by atoms with E-state index in [4.69, 9.17) is 9.47 Å². The first-order valence-corrected chi connectivity index (χ1v) is 20.1. The molecule has 2 saturated heterocycles. The molecule has 5 atom stereocenters. The van der Waals surface area contributed by atoms with Crippen molar-refractivity contribution in [3.63, 3.8) is 0 Å². The molecular formula is C37H44N6O5Si. The molecule has 256 valence electrons. The quantitative estimate of drug-likeness (QED) is 0.217. The van der Waals surface area contributed by atoms with Crippen LogP contribution in [0.5, 0.6) is 5.75 Å². The maximum atomic E-state index is 14.2. The Morgan fingerprint density at radius 1 is 1.10 bits per heavy atom. The summed E-state index contributed by atoms with van der Waals surface area (Å²) in [5, 5.41) is 26.6. The van der Waals surface area contributed by atoms with Crippen molar-refractivity contribution in [3.05, 3.63) is 95.8 Å². The van der Waals surface area contributed by atoms with Gasteiger partial charge in [-0.15, -0.1) is 5.10 Å². The van der Waals surface area contributed by atoms with E-state index in [0.29, 0.717) is 31.7 Å². The molecule has 1 spiro atoms. The third kappa shape index (κ3) is 5.76. The van der Waals surface area contributed by atoms with Crippen LogP contribution in [-0.4, -0.2) is 79.4 Å². The van der Waals surface area contributed by atoms with Crippen molar-refractivity contribution in [2.45, 2.75) is 56.1 Å². The van der Waals surface area contributed by atoms with Crippen LogP contribution >= 0.6 is 0 Å². The fraction of sp³-hybridized carbons (Fsp3) is 0.405. The minimum Gasteiger partial charge on any atom is -0.497 e. The van der Waals surface area contributed by atoms with Crippen molar-refractivity contribution in [3.8, 4) is 5.75 Å². The molecule has 0 aliphatic carbocycles. The van der Waals surface area contributed by atoms with Gasteiger partial charge in [0, 0.05) is 48.7 Å². The van der Waals surface area contributed by atoms with E-state index in [1.54, 1.807) is 12.0 Å². The number of aryl methyl sites for hydroxylation is 1. The van der Waals surface area contributed by atoms with Crippen LogP contribution < -0.4 is 25.5 Å². The summed E-state index contributed by atoms with van der Waals surface area (Å²) in [7, 11) is -0.654. The fourth-order valence-electron chi connectivity index (χ4n) is 8.33. The number of carbonyl (C=O) groups excluding carboxylic acids is 2. The molecule has 3 N–H and O–H groups in total. The summed E-state index contributed by atoms with van der Waals surface area (Å²) >= 11 is 0. The third-order valence-electron chi connectivity index (χ3n) is 10.9. The third-order valence-corrected chi connectivity index (χ3v) is 15.3. The number of aliphatic hydroxyl groups is 1. The highest BCUT2D eigenvalue weighted by molar-refractivity contribution is 6.91. The Morgan fingerprint density at radius 2 is 1.88 bits per heavy atom. The largest absolute Gasteiger partial charge is 0.497 e. The first kappa shape index (κ1) is 33.1. The normalized spacial score (nSPS) is 24.3. The Hall–Kier alpha value is -4.36. The molecular weight excluding hydrogens is 637 g/mol. The number of nitrogens with zero attached hydrogens (tertiary/aromatic N) is 4. The van der Waals surface area contributed by atoms with E-state index >= 15 is 0 Å². The molecule has 0 bridgehead atoms. The molecule has 3 aliphatic heterocycles. The molecule has 3 aromatic carbocycles. The number of hydrogen-bond acceptors (Lipinski definition) is 8. The number of rotatable bonds is 10. The standard InChI is InChI=1S/C37H44N6O5Si/c1-24-35(49(3,4)28-13-11-27(47-2)12-14-28)33(16-18-42-22-32(40-41-42)29(23-44)25-8-6-5-7-9-25)48-37(24)30-20-26(10-15-31(30)39-36(37)46)43-19-17-38-21-34(43)45/h5-15,20,22,24,29,33,35,38,44H,16-19,21,23H2,1-4H3,(H,39,46)/t24-,29?,33+,35-,37+/m1/s1. The van der Waals surface area contributed by atoms with Crippen molar-refractivity contribution >= 4 is 36.4 Å².